The van der Waals surface area contributed by atoms with Gasteiger partial charge in [-0.1, -0.05) is 103 Å². The molecule has 0 rings (SSSR count). The van der Waals surface area contributed by atoms with Crippen LogP contribution in [0.5, 0.6) is 0 Å². The molecule has 0 bridgehead atoms. The van der Waals surface area contributed by atoms with Crippen LogP contribution in [0.4, 0.5) is 0 Å². The van der Waals surface area contributed by atoms with Crippen molar-refractivity contribution in [1.29, 1.82) is 0 Å². The van der Waals surface area contributed by atoms with Crippen LogP contribution < -0.4 is 5.32 Å². The summed E-state index contributed by atoms with van der Waals surface area (Å²) in [4.78, 5) is 0. The molecule has 0 amide bonds. The first-order valence-corrected chi connectivity index (χ1v) is 9.56. The summed E-state index contributed by atoms with van der Waals surface area (Å²) in [5.74, 6) is 0. The van der Waals surface area contributed by atoms with Crippen LogP contribution in [0.1, 0.15) is 110 Å². The van der Waals surface area contributed by atoms with E-state index in [-0.39, 0.29) is 12.4 Å². The monoisotopic (exact) mass is 319 g/mol. The average molecular weight is 320 g/mol. The molecule has 21 heavy (non-hydrogen) atoms. The van der Waals surface area contributed by atoms with E-state index >= 15 is 0 Å². The van der Waals surface area contributed by atoms with E-state index in [2.05, 4.69) is 12.2 Å². The van der Waals surface area contributed by atoms with Gasteiger partial charge in [-0.3, -0.25) is 0 Å². The Morgan fingerprint density at radius 1 is 0.476 bits per heavy atom. The number of nitrogens with one attached hydrogen (secondary N) is 1. The first-order chi connectivity index (χ1) is 9.91. The van der Waals surface area contributed by atoms with Gasteiger partial charge in [0.05, 0.1) is 0 Å². The fourth-order valence-electron chi connectivity index (χ4n) is 2.85. The van der Waals surface area contributed by atoms with E-state index in [9.17, 15) is 0 Å². The fourth-order valence-corrected chi connectivity index (χ4v) is 2.85. The van der Waals surface area contributed by atoms with Gasteiger partial charge in [-0.2, -0.15) is 0 Å². The van der Waals surface area contributed by atoms with Crippen LogP contribution in [0.15, 0.2) is 0 Å². The summed E-state index contributed by atoms with van der Waals surface area (Å²) < 4.78 is 0. The Kier molecular flexibility index (Phi) is 25.2. The molecule has 1 N–H and O–H groups in total. The Labute approximate surface area is 141 Å². The van der Waals surface area contributed by atoms with Crippen molar-refractivity contribution in [1.82, 2.24) is 5.32 Å². The molecular weight excluding hydrogens is 278 g/mol. The molecule has 0 saturated heterocycles. The van der Waals surface area contributed by atoms with E-state index in [1.807, 2.05) is 7.05 Å². The molecule has 2 heteroatoms. The Bertz CT molecular complexity index is 144. The van der Waals surface area contributed by atoms with Gasteiger partial charge in [0.15, 0.2) is 0 Å². The van der Waals surface area contributed by atoms with Crippen LogP contribution in [-0.2, 0) is 0 Å². The highest BCUT2D eigenvalue weighted by molar-refractivity contribution is 5.85. The van der Waals surface area contributed by atoms with Gasteiger partial charge in [0, 0.05) is 0 Å². The maximum absolute atomic E-state index is 3.22. The summed E-state index contributed by atoms with van der Waals surface area (Å²) in [6.07, 6.45) is 23.2. The van der Waals surface area contributed by atoms with Gasteiger partial charge < -0.3 is 5.32 Å². The zero-order chi connectivity index (χ0) is 14.7. The second-order valence-corrected chi connectivity index (χ2v) is 6.41. The number of unbranched alkanes of at least 4 members (excludes halogenated alkanes) is 15. The van der Waals surface area contributed by atoms with Gasteiger partial charge in [-0.25, -0.2) is 0 Å². The number of hydrogen-bond donors (Lipinski definition) is 1. The van der Waals surface area contributed by atoms with Crippen molar-refractivity contribution in [3.63, 3.8) is 0 Å². The van der Waals surface area contributed by atoms with E-state index < -0.39 is 0 Å². The van der Waals surface area contributed by atoms with Crippen molar-refractivity contribution in [2.45, 2.75) is 110 Å². The summed E-state index contributed by atoms with van der Waals surface area (Å²) in [5, 5.41) is 3.22. The molecule has 0 aromatic rings. The maximum Gasteiger partial charge on any atom is -0.00519 e. The standard InChI is InChI=1S/C19H41N.ClH/c1-3-4-5-6-7-8-9-10-11-12-13-14-15-16-17-18-19-20-2;/h20H,3-19H2,1-2H3;1H. The maximum atomic E-state index is 3.22. The van der Waals surface area contributed by atoms with Gasteiger partial charge in [-0.05, 0) is 20.0 Å². The van der Waals surface area contributed by atoms with Crippen LogP contribution in [0, 0.1) is 0 Å². The van der Waals surface area contributed by atoms with Crippen molar-refractivity contribution in [2.75, 3.05) is 13.6 Å². The van der Waals surface area contributed by atoms with Gasteiger partial charge in [-0.15, -0.1) is 12.4 Å². The third-order valence-corrected chi connectivity index (χ3v) is 4.28. The van der Waals surface area contributed by atoms with Gasteiger partial charge >= 0.3 is 0 Å². The lowest BCUT2D eigenvalue weighted by Gasteiger charge is -2.03. The van der Waals surface area contributed by atoms with Crippen LogP contribution in [-0.4, -0.2) is 13.6 Å². The van der Waals surface area contributed by atoms with Crippen LogP contribution in [0.3, 0.4) is 0 Å². The third kappa shape index (κ3) is 22.7. The van der Waals surface area contributed by atoms with E-state index in [4.69, 9.17) is 0 Å². The van der Waals surface area contributed by atoms with Crippen molar-refractivity contribution in [3.05, 3.63) is 0 Å². The Morgan fingerprint density at radius 2 is 0.762 bits per heavy atom. The average Bonchev–Trinajstić information content (AvgIpc) is 2.47. The highest BCUT2D eigenvalue weighted by atomic mass is 35.5. The van der Waals surface area contributed by atoms with Crippen LogP contribution in [0.25, 0.3) is 0 Å². The molecule has 0 aliphatic carbocycles. The molecule has 0 aromatic heterocycles. The van der Waals surface area contributed by atoms with E-state index in [0.29, 0.717) is 0 Å². The van der Waals surface area contributed by atoms with Gasteiger partial charge in [0.25, 0.3) is 0 Å². The largest absolute Gasteiger partial charge is 0.320 e. The quantitative estimate of drug-likeness (QED) is 0.288. The van der Waals surface area contributed by atoms with E-state index in [0.717, 1.165) is 0 Å². The summed E-state index contributed by atoms with van der Waals surface area (Å²) in [6.45, 7) is 3.49. The summed E-state index contributed by atoms with van der Waals surface area (Å²) in [5.41, 5.74) is 0. The highest BCUT2D eigenvalue weighted by Gasteiger charge is 1.94. The SMILES string of the molecule is CCCCCCCCCCCCCCCCCCNC.Cl. The Hall–Kier alpha value is 0.250. The van der Waals surface area contributed by atoms with Crippen molar-refractivity contribution < 1.29 is 0 Å². The fraction of sp³-hybridized carbons (Fsp3) is 1.00. The molecule has 0 fully saturated rings. The molecule has 130 valence electrons. The van der Waals surface area contributed by atoms with Crippen LogP contribution in [0.2, 0.25) is 0 Å². The highest BCUT2D eigenvalue weighted by Crippen LogP contribution is 2.13. The summed E-state index contributed by atoms with van der Waals surface area (Å²) in [7, 11) is 2.05. The lowest BCUT2D eigenvalue weighted by molar-refractivity contribution is 0.528. The zero-order valence-corrected chi connectivity index (χ0v) is 15.7. The van der Waals surface area contributed by atoms with E-state index in [1.54, 1.807) is 0 Å². The third-order valence-electron chi connectivity index (χ3n) is 4.28. The van der Waals surface area contributed by atoms with Crippen molar-refractivity contribution in [3.8, 4) is 0 Å². The molecule has 0 aliphatic rings. The molecule has 0 aromatic carbocycles. The molecule has 0 aliphatic heterocycles. The smallest absolute Gasteiger partial charge is 0.00519 e. The topological polar surface area (TPSA) is 12.0 Å². The molecular formula is C19H42ClN. The lowest BCUT2D eigenvalue weighted by atomic mass is 10.0. The Balaban J connectivity index is 0. The Morgan fingerprint density at radius 3 is 1.05 bits per heavy atom. The minimum absolute atomic E-state index is 0. The predicted molar refractivity (Wildman–Crippen MR) is 101 cm³/mol. The number of halogens is 1. The molecule has 0 atom stereocenters. The van der Waals surface area contributed by atoms with E-state index in [1.165, 1.54) is 109 Å². The molecule has 0 spiro atoms. The first-order valence-electron chi connectivity index (χ1n) is 9.56. The molecule has 0 unspecified atom stereocenters. The minimum atomic E-state index is 0. The first kappa shape index (κ1) is 23.5. The number of hydrogen-bond acceptors (Lipinski definition) is 1. The predicted octanol–water partition coefficient (Wildman–Crippen LogP) is 6.89. The minimum Gasteiger partial charge on any atom is -0.320 e. The normalized spacial score (nSPS) is 10.6. The zero-order valence-electron chi connectivity index (χ0n) is 14.9. The molecule has 0 heterocycles. The molecule has 0 radical (unpaired) electrons. The lowest BCUT2D eigenvalue weighted by Crippen LogP contribution is -2.06. The van der Waals surface area contributed by atoms with Crippen molar-refractivity contribution >= 4 is 12.4 Å². The van der Waals surface area contributed by atoms with Gasteiger partial charge in [0.2, 0.25) is 0 Å². The second-order valence-electron chi connectivity index (χ2n) is 6.41. The molecule has 1 nitrogen and oxygen atoms in total. The van der Waals surface area contributed by atoms with Crippen LogP contribution >= 0.6 is 12.4 Å². The molecule has 0 saturated carbocycles. The number of rotatable bonds is 17. The summed E-state index contributed by atoms with van der Waals surface area (Å²) in [6, 6.07) is 0. The van der Waals surface area contributed by atoms with Crippen molar-refractivity contribution in [2.24, 2.45) is 0 Å². The summed E-state index contributed by atoms with van der Waals surface area (Å²) >= 11 is 0. The second kappa shape index (κ2) is 22.5. The van der Waals surface area contributed by atoms with Gasteiger partial charge in [0.1, 0.15) is 0 Å².